The Labute approximate surface area is 566 Å². The van der Waals surface area contributed by atoms with Crippen LogP contribution in [0.4, 0.5) is 0 Å². The number of hydrogen-bond acceptors (Lipinski definition) is 0. The highest BCUT2D eigenvalue weighted by atomic mass is 14.9. The van der Waals surface area contributed by atoms with Crippen molar-refractivity contribution in [1.82, 2.24) is 8.80 Å². The maximum atomic E-state index is 2.44. The van der Waals surface area contributed by atoms with Gasteiger partial charge in [0.05, 0.1) is 33.1 Å². The molecule has 0 fully saturated rings. The third-order valence-corrected chi connectivity index (χ3v) is 20.7. The van der Waals surface area contributed by atoms with E-state index in [0.29, 0.717) is 0 Å². The molecule has 0 unspecified atom stereocenters. The second-order valence-electron chi connectivity index (χ2n) is 26.3. The molecule has 4 aromatic heterocycles. The summed E-state index contributed by atoms with van der Waals surface area (Å²) in [5.41, 5.74) is 27.2. The maximum Gasteiger partial charge on any atom is 0.0620 e. The Hall–Kier alpha value is -12.9. The molecule has 0 aliphatic rings. The van der Waals surface area contributed by atoms with Crippen LogP contribution in [0.5, 0.6) is 0 Å². The van der Waals surface area contributed by atoms with Crippen LogP contribution in [0.15, 0.2) is 364 Å². The Kier molecular flexibility index (Phi) is 12.7. The van der Waals surface area contributed by atoms with Gasteiger partial charge < -0.3 is 8.80 Å². The lowest BCUT2D eigenvalue weighted by atomic mass is 9.91. The van der Waals surface area contributed by atoms with Crippen LogP contribution in [0.3, 0.4) is 0 Å². The van der Waals surface area contributed by atoms with E-state index in [2.05, 4.69) is 373 Å². The van der Waals surface area contributed by atoms with Crippen LogP contribution in [0, 0.1) is 0 Å². The van der Waals surface area contributed by atoms with E-state index in [9.17, 15) is 0 Å². The Bertz CT molecular complexity index is 6470. The van der Waals surface area contributed by atoms with Gasteiger partial charge >= 0.3 is 0 Å². The van der Waals surface area contributed by atoms with Gasteiger partial charge in [0, 0.05) is 43.1 Å². The fourth-order valence-electron chi connectivity index (χ4n) is 16.2. The minimum absolute atomic E-state index is 1.21. The minimum Gasteiger partial charge on any atom is -0.308 e. The van der Waals surface area contributed by atoms with Crippen molar-refractivity contribution in [2.24, 2.45) is 0 Å². The molecule has 0 atom stereocenters. The highest BCUT2D eigenvalue weighted by molar-refractivity contribution is 6.27. The first-order valence-electron chi connectivity index (χ1n) is 33.9. The monoisotopic (exact) mass is 1240 g/mol. The zero-order valence-corrected chi connectivity index (χ0v) is 53.5. The summed E-state index contributed by atoms with van der Waals surface area (Å²) in [5.74, 6) is 0. The van der Waals surface area contributed by atoms with Gasteiger partial charge in [-0.25, -0.2) is 0 Å². The summed E-state index contributed by atoms with van der Waals surface area (Å²) in [6, 6.07) is 134. The van der Waals surface area contributed by atoms with Gasteiger partial charge in [-0.15, -0.1) is 0 Å². The molecule has 0 saturated heterocycles. The molecule has 0 saturated carbocycles. The summed E-state index contributed by atoms with van der Waals surface area (Å²) < 4.78 is 4.89. The predicted octanol–water partition coefficient (Wildman–Crippen LogP) is 26.5. The van der Waals surface area contributed by atoms with Crippen molar-refractivity contribution in [2.75, 3.05) is 0 Å². The van der Waals surface area contributed by atoms with Crippen LogP contribution in [0.2, 0.25) is 0 Å². The van der Waals surface area contributed by atoms with E-state index < -0.39 is 0 Å². The van der Waals surface area contributed by atoms with Crippen molar-refractivity contribution in [3.05, 3.63) is 364 Å². The molecular weight excluding hydrogens is 1180 g/mol. The fourth-order valence-corrected chi connectivity index (χ4v) is 16.2. The Morgan fingerprint density at radius 1 is 0.112 bits per heavy atom. The largest absolute Gasteiger partial charge is 0.308 e. The van der Waals surface area contributed by atoms with Gasteiger partial charge in [0.15, 0.2) is 0 Å². The number of aromatic nitrogens is 2. The smallest absolute Gasteiger partial charge is 0.0620 e. The molecule has 4 heterocycles. The van der Waals surface area contributed by atoms with Crippen molar-refractivity contribution >= 4 is 109 Å². The van der Waals surface area contributed by atoms with E-state index in [1.54, 1.807) is 0 Å². The Balaban J connectivity index is 0.000000133. The number of hydrogen-bond donors (Lipinski definition) is 0. The van der Waals surface area contributed by atoms with Crippen molar-refractivity contribution in [3.8, 4) is 89.0 Å². The van der Waals surface area contributed by atoms with Crippen molar-refractivity contribution < 1.29 is 0 Å². The van der Waals surface area contributed by atoms with Crippen LogP contribution in [0.25, 0.3) is 198 Å². The molecule has 2 heteroatoms. The summed E-state index contributed by atoms with van der Waals surface area (Å²) in [6.07, 6.45) is 0. The van der Waals surface area contributed by atoms with E-state index in [0.717, 1.165) is 0 Å². The van der Waals surface area contributed by atoms with Gasteiger partial charge in [0.25, 0.3) is 0 Å². The molecule has 0 amide bonds. The lowest BCUT2D eigenvalue weighted by Crippen LogP contribution is -1.87. The molecule has 0 radical (unpaired) electrons. The molecule has 454 valence electrons. The zero-order valence-electron chi connectivity index (χ0n) is 53.5. The van der Waals surface area contributed by atoms with Crippen LogP contribution in [-0.4, -0.2) is 8.80 Å². The van der Waals surface area contributed by atoms with Gasteiger partial charge in [-0.3, -0.25) is 0 Å². The normalized spacial score (nSPS) is 11.9. The first kappa shape index (κ1) is 55.6. The van der Waals surface area contributed by atoms with Crippen LogP contribution < -0.4 is 0 Å². The van der Waals surface area contributed by atoms with E-state index >= 15 is 0 Å². The number of para-hydroxylation sites is 4. The summed E-state index contributed by atoms with van der Waals surface area (Å²) in [7, 11) is 0. The SMILES string of the molecule is c1cc(-c2cccc(-c3cc4c5ccccc5n5c6ccccc6c(c3)c45)c2)cc(-c2ccc3c4ccccc4c4ccccc4c3c2)c1.c1ccc(-c2cc(-c3ccccc3)cc(-c3cccc(-c4cccc(-c5cc6c7ccccc7n7c8ccccc8c(c5)c67)c4)c3)c2)cc1. The molecule has 2 nitrogen and oxygen atoms in total. The zero-order chi connectivity index (χ0) is 64.4. The van der Waals surface area contributed by atoms with Crippen LogP contribution in [0.1, 0.15) is 0 Å². The number of benzene rings is 17. The Morgan fingerprint density at radius 2 is 0.316 bits per heavy atom. The summed E-state index contributed by atoms with van der Waals surface area (Å²) in [4.78, 5) is 0. The first-order valence-corrected chi connectivity index (χ1v) is 33.9. The molecule has 0 aliphatic carbocycles. The topological polar surface area (TPSA) is 8.82 Å². The van der Waals surface area contributed by atoms with Crippen molar-refractivity contribution in [2.45, 2.75) is 0 Å². The van der Waals surface area contributed by atoms with E-state index in [1.165, 1.54) is 198 Å². The molecule has 21 rings (SSSR count). The third-order valence-electron chi connectivity index (χ3n) is 20.7. The first-order chi connectivity index (χ1) is 48.6. The highest BCUT2D eigenvalue weighted by Gasteiger charge is 2.22. The van der Waals surface area contributed by atoms with Crippen LogP contribution in [-0.2, 0) is 0 Å². The number of rotatable bonds is 8. The van der Waals surface area contributed by atoms with E-state index in [-0.39, 0.29) is 0 Å². The highest BCUT2D eigenvalue weighted by Crippen LogP contribution is 2.46. The predicted molar refractivity (Wildman–Crippen MR) is 418 cm³/mol. The molecule has 98 heavy (non-hydrogen) atoms. The lowest BCUT2D eigenvalue weighted by Gasteiger charge is -2.13. The maximum absolute atomic E-state index is 2.44. The van der Waals surface area contributed by atoms with Gasteiger partial charge in [-0.2, -0.15) is 0 Å². The minimum atomic E-state index is 1.21. The number of nitrogens with zero attached hydrogens (tertiary/aromatic N) is 2. The summed E-state index contributed by atoms with van der Waals surface area (Å²) in [5, 5.41) is 18.2. The van der Waals surface area contributed by atoms with Gasteiger partial charge in [0.1, 0.15) is 0 Å². The van der Waals surface area contributed by atoms with E-state index in [1.807, 2.05) is 0 Å². The molecular formula is C96H60N2. The van der Waals surface area contributed by atoms with Crippen molar-refractivity contribution in [1.29, 1.82) is 0 Å². The van der Waals surface area contributed by atoms with Gasteiger partial charge in [0.2, 0.25) is 0 Å². The van der Waals surface area contributed by atoms with E-state index in [4.69, 9.17) is 0 Å². The second-order valence-corrected chi connectivity index (χ2v) is 26.3. The molecule has 21 aromatic rings. The fraction of sp³-hybridized carbons (Fsp3) is 0. The third kappa shape index (κ3) is 8.96. The molecule has 17 aromatic carbocycles. The summed E-state index contributed by atoms with van der Waals surface area (Å²) in [6.45, 7) is 0. The molecule has 0 spiro atoms. The average Bonchev–Trinajstić information content (AvgIpc) is 1.54. The van der Waals surface area contributed by atoms with Crippen LogP contribution >= 0.6 is 0 Å². The quantitative estimate of drug-likeness (QED) is 0.134. The average molecular weight is 1240 g/mol. The van der Waals surface area contributed by atoms with Crippen molar-refractivity contribution in [3.63, 3.8) is 0 Å². The molecule has 0 N–H and O–H groups in total. The number of fused-ring (bicyclic) bond motifs is 18. The Morgan fingerprint density at radius 3 is 0.643 bits per heavy atom. The lowest BCUT2D eigenvalue weighted by molar-refractivity contribution is 1.37. The second kappa shape index (κ2) is 22.4. The molecule has 0 bridgehead atoms. The standard InChI is InChI=1S/C48H29N.C48H31N/c1-2-17-38-36(15-1)37-16-3-4-18-39(37)43-27-34(23-24-40(38)43)32-13-9-11-30(25-32)31-12-10-14-33(26-31)35-28-44-41-19-5-7-21-46(41)49-47-22-8-6-20-42(47)45(29-35)48(44)49;1-3-13-32(14-4-1)38-27-39(33-15-5-2-6-16-33)29-40(28-38)36-19-11-17-34(25-36)35-18-12-20-37(26-35)41-30-44-42-21-7-9-23-46(42)49-47-24-10-8-22-43(47)45(31-41)48(44)49/h1-29H;1-31H. The summed E-state index contributed by atoms with van der Waals surface area (Å²) >= 11 is 0. The molecule has 0 aliphatic heterocycles. The van der Waals surface area contributed by atoms with Gasteiger partial charge in [-0.1, -0.05) is 267 Å². The van der Waals surface area contributed by atoms with Gasteiger partial charge in [-0.05, 0) is 218 Å².